The van der Waals surface area contributed by atoms with Gasteiger partial charge in [0.15, 0.2) is 0 Å². The van der Waals surface area contributed by atoms with Gasteiger partial charge < -0.3 is 9.84 Å². The number of carbonyl (C=O) groups is 1. The number of benzene rings is 2. The fourth-order valence-corrected chi connectivity index (χ4v) is 6.69. The Balaban J connectivity index is 1.44. The molecule has 1 aliphatic heterocycles. The average molecular weight is 540 g/mol. The van der Waals surface area contributed by atoms with Gasteiger partial charge in [0.05, 0.1) is 10.9 Å². The van der Waals surface area contributed by atoms with Crippen LogP contribution in [0.2, 0.25) is 0 Å². The van der Waals surface area contributed by atoms with Crippen LogP contribution in [-0.4, -0.2) is 48.6 Å². The van der Waals surface area contributed by atoms with Crippen LogP contribution in [0.5, 0.6) is 5.75 Å². The van der Waals surface area contributed by atoms with Gasteiger partial charge in [0.1, 0.15) is 17.4 Å². The summed E-state index contributed by atoms with van der Waals surface area (Å²) in [4.78, 5) is 19.6. The molecule has 0 fully saturated rings. The van der Waals surface area contributed by atoms with E-state index < -0.39 is 11.4 Å². The Hall–Kier alpha value is -3.78. The first kappa shape index (κ1) is 26.4. The van der Waals surface area contributed by atoms with Gasteiger partial charge in [0.2, 0.25) is 0 Å². The number of hydrogen-bond donors (Lipinski definition) is 1. The number of nitrogens with zero attached hydrogens (tertiary/aromatic N) is 5. The molecule has 2 aliphatic rings. The van der Waals surface area contributed by atoms with Gasteiger partial charge in [0.25, 0.3) is 0 Å². The van der Waals surface area contributed by atoms with Crippen molar-refractivity contribution in [3.63, 3.8) is 0 Å². The molecule has 0 spiro atoms. The molecule has 3 atom stereocenters. The van der Waals surface area contributed by atoms with Gasteiger partial charge in [-0.3, -0.25) is 14.7 Å². The van der Waals surface area contributed by atoms with Crippen molar-refractivity contribution in [2.24, 2.45) is 12.5 Å². The Morgan fingerprint density at radius 1 is 1.20 bits per heavy atom. The van der Waals surface area contributed by atoms with E-state index in [1.54, 1.807) is 10.9 Å². The minimum Gasteiger partial charge on any atom is -0.489 e. The van der Waals surface area contributed by atoms with E-state index >= 15 is 0 Å². The normalized spacial score (nSPS) is 20.0. The van der Waals surface area contributed by atoms with Crippen LogP contribution in [0.3, 0.4) is 0 Å². The zero-order valence-electron chi connectivity index (χ0n) is 23.9. The van der Waals surface area contributed by atoms with Gasteiger partial charge in [-0.2, -0.15) is 0 Å². The van der Waals surface area contributed by atoms with Crippen molar-refractivity contribution in [2.45, 2.75) is 71.6 Å². The molecule has 0 unspecified atom stereocenters. The molecule has 2 aromatic carbocycles. The second-order valence-electron chi connectivity index (χ2n) is 11.9. The summed E-state index contributed by atoms with van der Waals surface area (Å²) >= 11 is 0. The third-order valence-electron chi connectivity index (χ3n) is 9.07. The molecule has 1 aliphatic carbocycles. The second-order valence-corrected chi connectivity index (χ2v) is 11.9. The number of carboxylic acids is 1. The third kappa shape index (κ3) is 4.35. The number of aromatic nitrogens is 4. The summed E-state index contributed by atoms with van der Waals surface area (Å²) in [5, 5.41) is 19.0. The SMILES string of the molecule is CC[C@@H]1CN([C@H]2CCc3ccc([C@H](c4ccc5c(nnn5C)c4C)C(C)(C)C(=O)O)cc32)Cc2cnccc2O1. The van der Waals surface area contributed by atoms with Crippen molar-refractivity contribution in [1.82, 2.24) is 24.9 Å². The second kappa shape index (κ2) is 10.0. The number of pyridine rings is 1. The summed E-state index contributed by atoms with van der Waals surface area (Å²) in [5.41, 5.74) is 7.42. The first-order chi connectivity index (χ1) is 19.2. The van der Waals surface area contributed by atoms with Crippen molar-refractivity contribution < 1.29 is 14.6 Å². The summed E-state index contributed by atoms with van der Waals surface area (Å²) in [6, 6.07) is 12.9. The lowest BCUT2D eigenvalue weighted by molar-refractivity contribution is -0.147. The van der Waals surface area contributed by atoms with Gasteiger partial charge in [-0.25, -0.2) is 4.68 Å². The number of hydrogen-bond acceptors (Lipinski definition) is 6. The van der Waals surface area contributed by atoms with Crippen molar-refractivity contribution in [3.8, 4) is 5.75 Å². The van der Waals surface area contributed by atoms with Gasteiger partial charge in [-0.05, 0) is 80.0 Å². The number of rotatable bonds is 6. The Morgan fingerprint density at radius 3 is 2.80 bits per heavy atom. The fourth-order valence-electron chi connectivity index (χ4n) is 6.69. The van der Waals surface area contributed by atoms with Crippen LogP contribution in [0.25, 0.3) is 11.0 Å². The van der Waals surface area contributed by atoms with E-state index in [1.807, 2.05) is 46.1 Å². The van der Waals surface area contributed by atoms with Crippen LogP contribution < -0.4 is 4.74 Å². The molecule has 6 rings (SSSR count). The van der Waals surface area contributed by atoms with Gasteiger partial charge >= 0.3 is 5.97 Å². The van der Waals surface area contributed by atoms with Crippen molar-refractivity contribution in [1.29, 1.82) is 0 Å². The quantitative estimate of drug-likeness (QED) is 0.342. The molecular formula is C32H37N5O3. The standard InChI is InChI=1S/C32H37N5O3/c1-6-23-18-37(17-22-16-33-14-13-28(22)40-23)26-11-9-20-7-8-21(15-25(20)26)29(32(3,4)31(38)39)24-10-12-27-30(19(24)2)34-35-36(27)5/h7-8,10,12-16,23,26,29H,6,9,11,17-18H2,1-5H3,(H,38,39)/t23-,26+,29-/m1/s1. The fraction of sp³-hybridized carbons (Fsp3) is 0.438. The number of aliphatic carboxylic acids is 1. The molecule has 208 valence electrons. The number of fused-ring (bicyclic) bond motifs is 3. The highest BCUT2D eigenvalue weighted by Gasteiger charge is 2.41. The van der Waals surface area contributed by atoms with E-state index in [9.17, 15) is 9.90 Å². The minimum atomic E-state index is -1.04. The van der Waals surface area contributed by atoms with E-state index in [1.165, 1.54) is 11.1 Å². The van der Waals surface area contributed by atoms with E-state index in [2.05, 4.69) is 51.4 Å². The Morgan fingerprint density at radius 2 is 2.02 bits per heavy atom. The zero-order chi connectivity index (χ0) is 28.2. The largest absolute Gasteiger partial charge is 0.489 e. The van der Waals surface area contributed by atoms with Gasteiger partial charge in [-0.15, -0.1) is 5.10 Å². The van der Waals surface area contributed by atoms with Crippen LogP contribution in [0, 0.1) is 12.3 Å². The van der Waals surface area contributed by atoms with E-state index in [-0.39, 0.29) is 18.1 Å². The molecule has 40 heavy (non-hydrogen) atoms. The van der Waals surface area contributed by atoms with Gasteiger partial charge in [-0.1, -0.05) is 36.4 Å². The summed E-state index contributed by atoms with van der Waals surface area (Å²) in [5.74, 6) is -0.258. The lowest BCUT2D eigenvalue weighted by Gasteiger charge is -2.34. The molecule has 8 nitrogen and oxygen atoms in total. The molecule has 4 aromatic rings. The zero-order valence-corrected chi connectivity index (χ0v) is 23.9. The Labute approximate surface area is 235 Å². The molecule has 3 heterocycles. The molecule has 0 bridgehead atoms. The molecule has 0 radical (unpaired) electrons. The van der Waals surface area contributed by atoms with Crippen LogP contribution >= 0.6 is 0 Å². The van der Waals surface area contributed by atoms with Gasteiger partial charge in [0, 0.05) is 50.1 Å². The number of ether oxygens (including phenoxy) is 1. The predicted molar refractivity (Wildman–Crippen MR) is 153 cm³/mol. The van der Waals surface area contributed by atoms with Crippen LogP contribution in [0.15, 0.2) is 48.8 Å². The average Bonchev–Trinajstić information content (AvgIpc) is 3.47. The molecule has 0 saturated heterocycles. The van der Waals surface area contributed by atoms with Crippen molar-refractivity contribution in [3.05, 3.63) is 82.2 Å². The summed E-state index contributed by atoms with van der Waals surface area (Å²) in [6.07, 6.45) is 6.79. The van der Waals surface area contributed by atoms with Crippen LogP contribution in [0.4, 0.5) is 0 Å². The maximum atomic E-state index is 12.7. The lowest BCUT2D eigenvalue weighted by Crippen LogP contribution is -2.35. The third-order valence-corrected chi connectivity index (χ3v) is 9.07. The molecule has 8 heteroatoms. The first-order valence-electron chi connectivity index (χ1n) is 14.2. The van der Waals surface area contributed by atoms with Crippen molar-refractivity contribution in [2.75, 3.05) is 6.54 Å². The Bertz CT molecular complexity index is 1590. The minimum absolute atomic E-state index is 0.107. The predicted octanol–water partition coefficient (Wildman–Crippen LogP) is 5.57. The summed E-state index contributed by atoms with van der Waals surface area (Å²) in [7, 11) is 1.87. The first-order valence-corrected chi connectivity index (χ1v) is 14.2. The monoisotopic (exact) mass is 539 g/mol. The molecule has 1 N–H and O–H groups in total. The lowest BCUT2D eigenvalue weighted by atomic mass is 9.69. The molecular weight excluding hydrogens is 502 g/mol. The van der Waals surface area contributed by atoms with E-state index in [0.29, 0.717) is 0 Å². The van der Waals surface area contributed by atoms with Crippen molar-refractivity contribution >= 4 is 17.0 Å². The molecule has 0 amide bonds. The smallest absolute Gasteiger partial charge is 0.310 e. The maximum absolute atomic E-state index is 12.7. The topological polar surface area (TPSA) is 93.4 Å². The van der Waals surface area contributed by atoms with E-state index in [0.717, 1.165) is 71.4 Å². The summed E-state index contributed by atoms with van der Waals surface area (Å²) < 4.78 is 8.12. The highest BCUT2D eigenvalue weighted by atomic mass is 16.5. The molecule has 0 saturated carbocycles. The maximum Gasteiger partial charge on any atom is 0.310 e. The highest BCUT2D eigenvalue weighted by Crippen LogP contribution is 2.46. The van der Waals surface area contributed by atoms with Crippen LogP contribution in [0.1, 0.15) is 79.0 Å². The summed E-state index contributed by atoms with van der Waals surface area (Å²) in [6.45, 7) is 9.47. The highest BCUT2D eigenvalue weighted by molar-refractivity contribution is 5.81. The number of aryl methyl sites for hydroxylation is 3. The van der Waals surface area contributed by atoms with E-state index in [4.69, 9.17) is 4.74 Å². The molecule has 2 aromatic heterocycles. The van der Waals surface area contributed by atoms with Crippen LogP contribution in [-0.2, 0) is 24.8 Å². The Kier molecular flexibility index (Phi) is 6.61. The number of carboxylic acid groups (broad SMARTS) is 1.